The summed E-state index contributed by atoms with van der Waals surface area (Å²) in [5.74, 6) is -0.136. The van der Waals surface area contributed by atoms with Crippen LogP contribution in [0.1, 0.15) is 18.2 Å². The minimum absolute atomic E-state index is 0.136. The molecule has 0 fully saturated rings. The summed E-state index contributed by atoms with van der Waals surface area (Å²) in [4.78, 5) is 22.5. The molecule has 0 saturated heterocycles. The molecule has 13 heteroatoms. The summed E-state index contributed by atoms with van der Waals surface area (Å²) in [6.45, 7) is 2.99. The number of rotatable bonds is 6. The van der Waals surface area contributed by atoms with Crippen molar-refractivity contribution < 1.29 is 26.5 Å². The van der Waals surface area contributed by atoms with Gasteiger partial charge in [-0.25, -0.2) is 8.42 Å². The van der Waals surface area contributed by atoms with Crippen molar-refractivity contribution in [1.29, 1.82) is 0 Å². The van der Waals surface area contributed by atoms with Gasteiger partial charge < -0.3 is 0 Å². The van der Waals surface area contributed by atoms with E-state index in [-0.39, 0.29) is 22.8 Å². The summed E-state index contributed by atoms with van der Waals surface area (Å²) in [6, 6.07) is 9.51. The number of nitro benzene ring substituents is 1. The van der Waals surface area contributed by atoms with Gasteiger partial charge in [-0.15, -0.1) is 0 Å². The van der Waals surface area contributed by atoms with Gasteiger partial charge in [0.1, 0.15) is 5.56 Å². The van der Waals surface area contributed by atoms with Crippen LogP contribution in [0.3, 0.4) is 0 Å². The molecular formula is C20H17F3N4O5S. The number of anilines is 1. The second-order valence-electron chi connectivity index (χ2n) is 6.94. The number of alkyl halides is 3. The van der Waals surface area contributed by atoms with Crippen molar-refractivity contribution in [2.24, 2.45) is 0 Å². The normalized spacial score (nSPS) is 11.9. The molecule has 0 unspecified atom stereocenters. The Kier molecular flexibility index (Phi) is 6.27. The average Bonchev–Trinajstić information content (AvgIpc) is 2.74. The van der Waals surface area contributed by atoms with Crippen molar-refractivity contribution in [2.75, 3.05) is 10.5 Å². The number of halogens is 3. The second-order valence-corrected chi connectivity index (χ2v) is 8.95. The molecule has 1 N–H and O–H groups in total. The first-order valence-corrected chi connectivity index (χ1v) is 11.1. The Morgan fingerprint density at radius 3 is 2.45 bits per heavy atom. The zero-order valence-electron chi connectivity index (χ0n) is 17.3. The van der Waals surface area contributed by atoms with Gasteiger partial charge in [0.15, 0.2) is 0 Å². The predicted octanol–water partition coefficient (Wildman–Crippen LogP) is 3.90. The van der Waals surface area contributed by atoms with Crippen LogP contribution in [0.15, 0.2) is 53.3 Å². The highest BCUT2D eigenvalue weighted by Crippen LogP contribution is 2.37. The molecule has 33 heavy (non-hydrogen) atoms. The summed E-state index contributed by atoms with van der Waals surface area (Å²) in [6.07, 6.45) is -5.01. The quantitative estimate of drug-likeness (QED) is 0.420. The molecule has 0 spiro atoms. The van der Waals surface area contributed by atoms with Gasteiger partial charge in [0, 0.05) is 23.4 Å². The summed E-state index contributed by atoms with van der Waals surface area (Å²) in [5, 5.41) is 15.0. The van der Waals surface area contributed by atoms with E-state index in [1.165, 1.54) is 26.0 Å². The van der Waals surface area contributed by atoms with Crippen LogP contribution in [0, 0.1) is 17.0 Å². The molecule has 0 saturated carbocycles. The lowest BCUT2D eigenvalue weighted by Gasteiger charge is -2.13. The van der Waals surface area contributed by atoms with Crippen LogP contribution in [-0.2, 0) is 16.2 Å². The fourth-order valence-electron chi connectivity index (χ4n) is 3.06. The van der Waals surface area contributed by atoms with E-state index in [0.29, 0.717) is 27.9 Å². The number of nitro groups is 1. The van der Waals surface area contributed by atoms with Crippen LogP contribution in [0.25, 0.3) is 16.8 Å². The Morgan fingerprint density at radius 2 is 1.85 bits per heavy atom. The summed E-state index contributed by atoms with van der Waals surface area (Å²) in [5.41, 5.74) is -2.39. The molecule has 0 aliphatic rings. The zero-order valence-corrected chi connectivity index (χ0v) is 18.1. The Morgan fingerprint density at radius 1 is 1.15 bits per heavy atom. The maximum atomic E-state index is 13.3. The van der Waals surface area contributed by atoms with E-state index >= 15 is 0 Å². The molecule has 174 valence electrons. The fourth-order valence-corrected chi connectivity index (χ4v) is 3.69. The van der Waals surface area contributed by atoms with Crippen LogP contribution < -0.4 is 10.3 Å². The van der Waals surface area contributed by atoms with Gasteiger partial charge in [0.2, 0.25) is 10.0 Å². The number of hydrogen-bond acceptors (Lipinski definition) is 6. The van der Waals surface area contributed by atoms with Gasteiger partial charge in [-0.2, -0.15) is 23.0 Å². The highest BCUT2D eigenvalue weighted by molar-refractivity contribution is 7.92. The fraction of sp³-hybridized carbons (Fsp3) is 0.200. The van der Waals surface area contributed by atoms with Crippen molar-refractivity contribution in [3.8, 4) is 16.8 Å². The van der Waals surface area contributed by atoms with Crippen LogP contribution in [0.4, 0.5) is 24.5 Å². The second kappa shape index (κ2) is 8.65. The van der Waals surface area contributed by atoms with Gasteiger partial charge in [0.25, 0.3) is 11.2 Å². The molecular weight excluding hydrogens is 465 g/mol. The first-order chi connectivity index (χ1) is 15.3. The van der Waals surface area contributed by atoms with Gasteiger partial charge in [-0.05, 0) is 43.7 Å². The highest BCUT2D eigenvalue weighted by atomic mass is 32.2. The van der Waals surface area contributed by atoms with Crippen LogP contribution in [0.5, 0.6) is 0 Å². The molecule has 1 heterocycles. The average molecular weight is 482 g/mol. The Balaban J connectivity index is 2.09. The molecule has 3 rings (SSSR count). The third kappa shape index (κ3) is 5.19. The summed E-state index contributed by atoms with van der Waals surface area (Å²) < 4.78 is 66.6. The van der Waals surface area contributed by atoms with E-state index in [2.05, 4.69) is 9.82 Å². The molecule has 0 atom stereocenters. The number of aromatic nitrogens is 2. The van der Waals surface area contributed by atoms with Crippen LogP contribution in [-0.4, -0.2) is 28.9 Å². The zero-order chi connectivity index (χ0) is 24.6. The van der Waals surface area contributed by atoms with Crippen molar-refractivity contribution in [2.45, 2.75) is 20.0 Å². The maximum Gasteiger partial charge on any atom is 0.423 e. The van der Waals surface area contributed by atoms with Gasteiger partial charge in [0.05, 0.1) is 22.1 Å². The third-order valence-corrected chi connectivity index (χ3v) is 5.98. The van der Waals surface area contributed by atoms with E-state index < -0.39 is 37.9 Å². The van der Waals surface area contributed by atoms with E-state index in [0.717, 1.165) is 12.1 Å². The number of aryl methyl sites for hydroxylation is 1. The van der Waals surface area contributed by atoms with E-state index in [9.17, 15) is 36.5 Å². The van der Waals surface area contributed by atoms with Crippen molar-refractivity contribution in [3.63, 3.8) is 0 Å². The topological polar surface area (TPSA) is 124 Å². The van der Waals surface area contributed by atoms with E-state index in [4.69, 9.17) is 0 Å². The molecule has 0 aliphatic carbocycles. The van der Waals surface area contributed by atoms with Crippen molar-refractivity contribution in [3.05, 3.63) is 80.3 Å². The molecule has 0 bridgehead atoms. The number of hydrogen-bond donors (Lipinski definition) is 1. The molecule has 9 nitrogen and oxygen atoms in total. The minimum Gasteiger partial charge on any atom is -0.284 e. The molecule has 0 amide bonds. The first-order valence-electron chi connectivity index (χ1n) is 9.40. The first kappa shape index (κ1) is 23.9. The van der Waals surface area contributed by atoms with Gasteiger partial charge in [-0.1, -0.05) is 12.1 Å². The standard InChI is InChI=1S/C20H17F3N4O5S/c1-3-33(31,32)25-14-6-4-5-13(9-14)16-11-19(28)26(24-12(16)2)15-7-8-18(27(29)30)17(10-15)20(21,22)23/h4-11,25H,3H2,1-2H3. The lowest BCUT2D eigenvalue weighted by atomic mass is 10.0. The van der Waals surface area contributed by atoms with Gasteiger partial charge >= 0.3 is 6.18 Å². The highest BCUT2D eigenvalue weighted by Gasteiger charge is 2.38. The number of nitrogens with one attached hydrogen (secondary N) is 1. The largest absolute Gasteiger partial charge is 0.423 e. The predicted molar refractivity (Wildman–Crippen MR) is 115 cm³/mol. The number of benzene rings is 2. The van der Waals surface area contributed by atoms with Crippen molar-refractivity contribution in [1.82, 2.24) is 9.78 Å². The molecule has 2 aromatic carbocycles. The lowest BCUT2D eigenvalue weighted by molar-refractivity contribution is -0.388. The maximum absolute atomic E-state index is 13.3. The third-order valence-electron chi connectivity index (χ3n) is 4.67. The van der Waals surface area contributed by atoms with Crippen molar-refractivity contribution >= 4 is 21.4 Å². The molecule has 3 aromatic rings. The van der Waals surface area contributed by atoms with E-state index in [1.807, 2.05) is 0 Å². The van der Waals surface area contributed by atoms with Gasteiger partial charge in [-0.3, -0.25) is 19.6 Å². The minimum atomic E-state index is -5.01. The smallest absolute Gasteiger partial charge is 0.284 e. The Labute approximate surface area is 185 Å². The molecule has 0 radical (unpaired) electrons. The molecule has 1 aromatic heterocycles. The summed E-state index contributed by atoms with van der Waals surface area (Å²) in [7, 11) is -3.53. The SMILES string of the molecule is CCS(=O)(=O)Nc1cccc(-c2cc(=O)n(-c3ccc([N+](=O)[O-])c(C(F)(F)F)c3)nc2C)c1. The number of sulfonamides is 1. The monoisotopic (exact) mass is 482 g/mol. The number of nitrogens with zero attached hydrogens (tertiary/aromatic N) is 3. The van der Waals surface area contributed by atoms with Crippen LogP contribution in [0.2, 0.25) is 0 Å². The molecule has 0 aliphatic heterocycles. The Bertz CT molecular complexity index is 1400. The Hall–Kier alpha value is -3.74. The van der Waals surface area contributed by atoms with Crippen LogP contribution >= 0.6 is 0 Å². The summed E-state index contributed by atoms with van der Waals surface area (Å²) >= 11 is 0. The van der Waals surface area contributed by atoms with E-state index in [1.54, 1.807) is 12.1 Å². The lowest BCUT2D eigenvalue weighted by Crippen LogP contribution is -2.22.